The molecule has 6 heteroatoms. The molecule has 0 unspecified atom stereocenters. The molecule has 4 aromatic carbocycles. The minimum absolute atomic E-state index is 0.0202. The molecule has 0 spiro atoms. The van der Waals surface area contributed by atoms with Gasteiger partial charge in [0.25, 0.3) is 0 Å². The predicted molar refractivity (Wildman–Crippen MR) is 129 cm³/mol. The van der Waals surface area contributed by atoms with Crippen molar-refractivity contribution in [3.05, 3.63) is 96.1 Å². The van der Waals surface area contributed by atoms with Crippen LogP contribution in [0.3, 0.4) is 0 Å². The Morgan fingerprint density at radius 3 is 1.44 bits per heavy atom. The lowest BCUT2D eigenvalue weighted by molar-refractivity contribution is -0.126. The number of amides is 2. The van der Waals surface area contributed by atoms with Gasteiger partial charge < -0.3 is 0 Å². The zero-order chi connectivity index (χ0) is 22.2. The van der Waals surface area contributed by atoms with Crippen molar-refractivity contribution < 1.29 is 9.59 Å². The molecule has 0 atom stereocenters. The van der Waals surface area contributed by atoms with Crippen LogP contribution < -0.4 is 10.9 Å². The number of hydrogen-bond acceptors (Lipinski definition) is 4. The number of carbonyl (C=O) groups excluding carboxylic acids is 2. The van der Waals surface area contributed by atoms with E-state index in [1.165, 1.54) is 0 Å². The molecule has 4 aromatic rings. The van der Waals surface area contributed by atoms with Crippen LogP contribution in [0.4, 0.5) is 0 Å². The Morgan fingerprint density at radius 2 is 1.00 bits per heavy atom. The van der Waals surface area contributed by atoms with Gasteiger partial charge in [-0.2, -0.15) is 10.2 Å². The number of hydrogen-bond donors (Lipinski definition) is 2. The monoisotopic (exact) mass is 422 g/mol. The van der Waals surface area contributed by atoms with Crippen LogP contribution in [-0.4, -0.2) is 24.2 Å². The van der Waals surface area contributed by atoms with Crippen molar-refractivity contribution >= 4 is 45.8 Å². The molecule has 6 nitrogen and oxygen atoms in total. The molecule has 0 aliphatic carbocycles. The van der Waals surface area contributed by atoms with E-state index < -0.39 is 0 Å². The molecule has 4 rings (SSSR count). The number of nitrogens with zero attached hydrogens (tertiary/aromatic N) is 2. The first kappa shape index (κ1) is 20.9. The van der Waals surface area contributed by atoms with Gasteiger partial charge in [-0.05, 0) is 44.8 Å². The van der Waals surface area contributed by atoms with E-state index in [0.29, 0.717) is 0 Å². The predicted octanol–water partition coefficient (Wildman–Crippen LogP) is 4.37. The van der Waals surface area contributed by atoms with Crippen LogP contribution in [-0.2, 0) is 9.59 Å². The number of benzene rings is 4. The summed E-state index contributed by atoms with van der Waals surface area (Å²) >= 11 is 0. The van der Waals surface area contributed by atoms with Gasteiger partial charge >= 0.3 is 0 Å². The van der Waals surface area contributed by atoms with Crippen molar-refractivity contribution in [2.24, 2.45) is 10.2 Å². The van der Waals surface area contributed by atoms with Crippen LogP contribution in [0.2, 0.25) is 0 Å². The number of nitrogens with one attached hydrogen (secondary N) is 2. The summed E-state index contributed by atoms with van der Waals surface area (Å²) in [6.45, 7) is 0. The Bertz CT molecular complexity index is 1220. The van der Waals surface area contributed by atoms with Gasteiger partial charge in [0.15, 0.2) is 0 Å². The third-order valence-corrected chi connectivity index (χ3v) is 4.93. The molecule has 0 radical (unpaired) electrons. The summed E-state index contributed by atoms with van der Waals surface area (Å²) in [6.07, 6.45) is 3.20. The molecule has 2 amide bonds. The number of hydrazone groups is 2. The minimum atomic E-state index is -0.337. The van der Waals surface area contributed by atoms with Gasteiger partial charge in [-0.1, -0.05) is 72.8 Å². The van der Waals surface area contributed by atoms with Crippen molar-refractivity contribution in [2.75, 3.05) is 0 Å². The summed E-state index contributed by atoms with van der Waals surface area (Å²) in [5.74, 6) is -0.675. The van der Waals surface area contributed by atoms with E-state index in [1.807, 2.05) is 84.9 Å². The Hall–Kier alpha value is -4.32. The van der Waals surface area contributed by atoms with Crippen molar-refractivity contribution in [3.63, 3.8) is 0 Å². The van der Waals surface area contributed by atoms with Crippen LogP contribution in [0.25, 0.3) is 21.5 Å². The number of rotatable bonds is 7. The average Bonchev–Trinajstić information content (AvgIpc) is 2.82. The number of carbonyl (C=O) groups is 2. The van der Waals surface area contributed by atoms with Crippen molar-refractivity contribution in [1.29, 1.82) is 0 Å². The quantitative estimate of drug-likeness (QED) is 0.342. The average molecular weight is 422 g/mol. The fraction of sp³-hybridized carbons (Fsp3) is 0.0769. The van der Waals surface area contributed by atoms with Crippen molar-refractivity contribution in [1.82, 2.24) is 10.9 Å². The lowest BCUT2D eigenvalue weighted by Gasteiger charge is -2.01. The van der Waals surface area contributed by atoms with Crippen LogP contribution in [0.1, 0.15) is 24.0 Å². The summed E-state index contributed by atoms with van der Waals surface area (Å²) < 4.78 is 0. The highest BCUT2D eigenvalue weighted by Gasteiger charge is 2.05. The van der Waals surface area contributed by atoms with Gasteiger partial charge in [0, 0.05) is 12.8 Å². The highest BCUT2D eigenvalue weighted by Crippen LogP contribution is 2.15. The lowest BCUT2D eigenvalue weighted by atomic mass is 10.1. The summed E-state index contributed by atoms with van der Waals surface area (Å²) in [4.78, 5) is 23.9. The summed E-state index contributed by atoms with van der Waals surface area (Å²) in [7, 11) is 0. The SMILES string of the molecule is O=C(CCC(=O)N/N=C/c1ccc2ccccc2c1)N/N=C\c1ccc2ccccc2c1. The van der Waals surface area contributed by atoms with Crippen LogP contribution in [0.15, 0.2) is 95.1 Å². The van der Waals surface area contributed by atoms with E-state index in [-0.39, 0.29) is 24.7 Å². The van der Waals surface area contributed by atoms with E-state index >= 15 is 0 Å². The molecule has 0 saturated heterocycles. The zero-order valence-corrected chi connectivity index (χ0v) is 17.4. The highest BCUT2D eigenvalue weighted by molar-refractivity contribution is 5.92. The molecule has 0 heterocycles. The molecule has 0 bridgehead atoms. The first-order chi connectivity index (χ1) is 15.7. The second kappa shape index (κ2) is 10.1. The zero-order valence-electron chi connectivity index (χ0n) is 17.4. The maximum Gasteiger partial charge on any atom is 0.240 e. The minimum Gasteiger partial charge on any atom is -0.273 e. The van der Waals surface area contributed by atoms with Crippen LogP contribution in [0, 0.1) is 0 Å². The third-order valence-electron chi connectivity index (χ3n) is 4.93. The van der Waals surface area contributed by atoms with Crippen LogP contribution >= 0.6 is 0 Å². The van der Waals surface area contributed by atoms with E-state index in [9.17, 15) is 9.59 Å². The fourth-order valence-electron chi connectivity index (χ4n) is 3.27. The van der Waals surface area contributed by atoms with E-state index in [4.69, 9.17) is 0 Å². The standard InChI is InChI=1S/C26H22N4O2/c31-25(29-27-17-19-9-11-21-5-1-3-7-23(21)15-19)13-14-26(32)30-28-18-20-10-12-22-6-2-4-8-24(22)16-20/h1-12,15-18H,13-14H2,(H,29,31)(H,30,32)/b27-17-,28-18+. The molecular formula is C26H22N4O2. The normalized spacial score (nSPS) is 11.4. The van der Waals surface area contributed by atoms with Gasteiger partial charge in [0.05, 0.1) is 12.4 Å². The van der Waals surface area contributed by atoms with E-state index in [1.54, 1.807) is 12.4 Å². The highest BCUT2D eigenvalue weighted by atomic mass is 16.2. The second-order valence-electron chi connectivity index (χ2n) is 7.30. The molecule has 2 N–H and O–H groups in total. The molecule has 0 aliphatic heterocycles. The van der Waals surface area contributed by atoms with Crippen molar-refractivity contribution in [3.8, 4) is 0 Å². The molecule has 158 valence electrons. The van der Waals surface area contributed by atoms with E-state index in [0.717, 1.165) is 32.7 Å². The first-order valence-electron chi connectivity index (χ1n) is 10.3. The number of fused-ring (bicyclic) bond motifs is 2. The maximum absolute atomic E-state index is 11.9. The third kappa shape index (κ3) is 5.64. The second-order valence-corrected chi connectivity index (χ2v) is 7.30. The molecule has 0 fully saturated rings. The van der Waals surface area contributed by atoms with Gasteiger partial charge in [0.1, 0.15) is 0 Å². The molecule has 0 saturated carbocycles. The first-order valence-corrected chi connectivity index (χ1v) is 10.3. The Morgan fingerprint density at radius 1 is 0.594 bits per heavy atom. The van der Waals surface area contributed by atoms with Gasteiger partial charge in [0.2, 0.25) is 11.8 Å². The van der Waals surface area contributed by atoms with Crippen LogP contribution in [0.5, 0.6) is 0 Å². The Balaban J connectivity index is 1.21. The summed E-state index contributed by atoms with van der Waals surface area (Å²) in [6, 6.07) is 27.9. The van der Waals surface area contributed by atoms with Gasteiger partial charge in [-0.3, -0.25) is 9.59 Å². The molecule has 32 heavy (non-hydrogen) atoms. The lowest BCUT2D eigenvalue weighted by Crippen LogP contribution is -2.22. The molecule has 0 aromatic heterocycles. The topological polar surface area (TPSA) is 82.9 Å². The summed E-state index contributed by atoms with van der Waals surface area (Å²) in [5.41, 5.74) is 6.65. The van der Waals surface area contributed by atoms with Crippen molar-refractivity contribution in [2.45, 2.75) is 12.8 Å². The fourth-order valence-corrected chi connectivity index (χ4v) is 3.27. The molecular weight excluding hydrogens is 400 g/mol. The smallest absolute Gasteiger partial charge is 0.240 e. The van der Waals surface area contributed by atoms with Gasteiger partial charge in [-0.15, -0.1) is 0 Å². The largest absolute Gasteiger partial charge is 0.273 e. The summed E-state index contributed by atoms with van der Waals surface area (Å²) in [5, 5.41) is 12.4. The Labute approximate surface area is 185 Å². The van der Waals surface area contributed by atoms with Gasteiger partial charge in [-0.25, -0.2) is 10.9 Å². The van der Waals surface area contributed by atoms with E-state index in [2.05, 4.69) is 21.1 Å². The molecule has 0 aliphatic rings. The Kier molecular flexibility index (Phi) is 6.63. The maximum atomic E-state index is 11.9.